The molecular weight excluding hydrogens is 332 g/mol. The Kier molecular flexibility index (Phi) is 6.03. The first-order valence-corrected chi connectivity index (χ1v) is 8.93. The van der Waals surface area contributed by atoms with Gasteiger partial charge < -0.3 is 24.9 Å². The standard InChI is InChI=1S/C19H26N4O3/c1-3-26-11-8-13(24)12-23-16(9-10-25-2)22-17-18(23)14-6-4-5-7-15(14)21-19(17)20/h4-7,13,24H,3,8-12H2,1-2H3,(H2,20,21). The molecule has 140 valence electrons. The molecule has 0 aliphatic rings. The van der Waals surface area contributed by atoms with Gasteiger partial charge in [-0.25, -0.2) is 9.97 Å². The second-order valence-electron chi connectivity index (χ2n) is 6.23. The number of nitrogens with two attached hydrogens (primary N) is 1. The molecule has 7 heteroatoms. The number of benzene rings is 1. The van der Waals surface area contributed by atoms with E-state index in [9.17, 15) is 5.11 Å². The van der Waals surface area contributed by atoms with Crippen LogP contribution in [-0.2, 0) is 22.4 Å². The van der Waals surface area contributed by atoms with E-state index in [4.69, 9.17) is 20.2 Å². The number of imidazole rings is 1. The van der Waals surface area contributed by atoms with Crippen molar-refractivity contribution in [2.75, 3.05) is 32.7 Å². The number of pyridine rings is 1. The summed E-state index contributed by atoms with van der Waals surface area (Å²) in [6.45, 7) is 4.09. The molecule has 2 aromatic heterocycles. The van der Waals surface area contributed by atoms with Crippen LogP contribution in [0.3, 0.4) is 0 Å². The molecule has 3 aromatic rings. The van der Waals surface area contributed by atoms with E-state index in [1.165, 1.54) is 0 Å². The quantitative estimate of drug-likeness (QED) is 0.569. The summed E-state index contributed by atoms with van der Waals surface area (Å²) < 4.78 is 12.6. The van der Waals surface area contributed by atoms with E-state index in [-0.39, 0.29) is 0 Å². The fraction of sp³-hybridized carbons (Fsp3) is 0.474. The summed E-state index contributed by atoms with van der Waals surface area (Å²) in [7, 11) is 1.66. The Labute approximate surface area is 152 Å². The van der Waals surface area contributed by atoms with E-state index in [0.29, 0.717) is 50.5 Å². The molecule has 1 atom stereocenters. The van der Waals surface area contributed by atoms with E-state index >= 15 is 0 Å². The molecule has 0 radical (unpaired) electrons. The summed E-state index contributed by atoms with van der Waals surface area (Å²) in [5, 5.41) is 11.5. The van der Waals surface area contributed by atoms with Gasteiger partial charge in [-0.05, 0) is 19.4 Å². The maximum absolute atomic E-state index is 10.5. The number of fused-ring (bicyclic) bond motifs is 3. The summed E-state index contributed by atoms with van der Waals surface area (Å²) in [5.41, 5.74) is 8.57. The van der Waals surface area contributed by atoms with Crippen molar-refractivity contribution in [1.29, 1.82) is 0 Å². The summed E-state index contributed by atoms with van der Waals surface area (Å²) in [6, 6.07) is 7.85. The number of hydrogen-bond acceptors (Lipinski definition) is 6. The molecule has 1 aromatic carbocycles. The number of para-hydroxylation sites is 1. The lowest BCUT2D eigenvalue weighted by atomic mass is 10.1. The number of anilines is 1. The summed E-state index contributed by atoms with van der Waals surface area (Å²) in [5.74, 6) is 1.24. The first kappa shape index (κ1) is 18.6. The molecule has 1 unspecified atom stereocenters. The van der Waals surface area contributed by atoms with Crippen LogP contribution in [0.5, 0.6) is 0 Å². The highest BCUT2D eigenvalue weighted by atomic mass is 16.5. The van der Waals surface area contributed by atoms with Crippen molar-refractivity contribution in [3.8, 4) is 0 Å². The van der Waals surface area contributed by atoms with Crippen molar-refractivity contribution in [3.63, 3.8) is 0 Å². The van der Waals surface area contributed by atoms with Crippen molar-refractivity contribution in [3.05, 3.63) is 30.1 Å². The second kappa shape index (κ2) is 8.44. The number of nitrogens with zero attached hydrogens (tertiary/aromatic N) is 3. The number of methoxy groups -OCH3 is 1. The molecule has 0 amide bonds. The van der Waals surface area contributed by atoms with Crippen LogP contribution in [0.1, 0.15) is 19.2 Å². The molecule has 0 spiro atoms. The lowest BCUT2D eigenvalue weighted by Crippen LogP contribution is -2.20. The minimum Gasteiger partial charge on any atom is -0.391 e. The minimum absolute atomic E-state index is 0.403. The summed E-state index contributed by atoms with van der Waals surface area (Å²) in [4.78, 5) is 9.17. The smallest absolute Gasteiger partial charge is 0.152 e. The summed E-state index contributed by atoms with van der Waals surface area (Å²) >= 11 is 0. The van der Waals surface area contributed by atoms with Gasteiger partial charge in [0.05, 0.1) is 30.3 Å². The molecule has 26 heavy (non-hydrogen) atoms. The van der Waals surface area contributed by atoms with E-state index < -0.39 is 6.10 Å². The third kappa shape index (κ3) is 3.80. The Balaban J connectivity index is 2.07. The van der Waals surface area contributed by atoms with Crippen molar-refractivity contribution < 1.29 is 14.6 Å². The topological polar surface area (TPSA) is 95.4 Å². The van der Waals surface area contributed by atoms with Crippen molar-refractivity contribution in [2.45, 2.75) is 32.4 Å². The summed E-state index contributed by atoms with van der Waals surface area (Å²) in [6.07, 6.45) is 0.667. The Morgan fingerprint density at radius 2 is 2.04 bits per heavy atom. The highest BCUT2D eigenvalue weighted by molar-refractivity contribution is 6.06. The minimum atomic E-state index is -0.534. The molecule has 0 saturated carbocycles. The fourth-order valence-corrected chi connectivity index (χ4v) is 3.15. The maximum Gasteiger partial charge on any atom is 0.152 e. The van der Waals surface area contributed by atoms with Crippen LogP contribution in [0.2, 0.25) is 0 Å². The number of aromatic nitrogens is 3. The molecule has 0 saturated heterocycles. The predicted molar refractivity (Wildman–Crippen MR) is 102 cm³/mol. The van der Waals surface area contributed by atoms with E-state index in [1.807, 2.05) is 35.8 Å². The zero-order valence-electron chi connectivity index (χ0n) is 15.3. The van der Waals surface area contributed by atoms with E-state index in [0.717, 1.165) is 22.2 Å². The Hall–Kier alpha value is -2.22. The second-order valence-corrected chi connectivity index (χ2v) is 6.23. The number of hydrogen-bond donors (Lipinski definition) is 2. The molecule has 0 fully saturated rings. The van der Waals surface area contributed by atoms with E-state index in [2.05, 4.69) is 4.98 Å². The van der Waals surface area contributed by atoms with Crippen molar-refractivity contribution in [1.82, 2.24) is 14.5 Å². The van der Waals surface area contributed by atoms with Gasteiger partial charge in [0.1, 0.15) is 11.3 Å². The Morgan fingerprint density at radius 1 is 1.23 bits per heavy atom. The zero-order chi connectivity index (χ0) is 18.5. The average Bonchev–Trinajstić information content (AvgIpc) is 2.99. The molecule has 0 aliphatic carbocycles. The van der Waals surface area contributed by atoms with Crippen LogP contribution in [0, 0.1) is 0 Å². The van der Waals surface area contributed by atoms with Gasteiger partial charge in [0.25, 0.3) is 0 Å². The van der Waals surface area contributed by atoms with Gasteiger partial charge in [-0.2, -0.15) is 0 Å². The Bertz CT molecular complexity index is 878. The largest absolute Gasteiger partial charge is 0.391 e. The van der Waals surface area contributed by atoms with Crippen LogP contribution in [0.15, 0.2) is 24.3 Å². The third-order valence-corrected chi connectivity index (χ3v) is 4.41. The third-order valence-electron chi connectivity index (χ3n) is 4.41. The lowest BCUT2D eigenvalue weighted by molar-refractivity contribution is 0.0796. The monoisotopic (exact) mass is 358 g/mol. The van der Waals surface area contributed by atoms with Gasteiger partial charge >= 0.3 is 0 Å². The van der Waals surface area contributed by atoms with Crippen LogP contribution >= 0.6 is 0 Å². The number of rotatable bonds is 9. The van der Waals surface area contributed by atoms with Gasteiger partial charge in [-0.1, -0.05) is 18.2 Å². The van der Waals surface area contributed by atoms with Gasteiger partial charge in [0.2, 0.25) is 0 Å². The number of ether oxygens (including phenoxy) is 2. The Morgan fingerprint density at radius 3 is 2.81 bits per heavy atom. The molecular formula is C19H26N4O3. The number of nitrogen functional groups attached to an aromatic ring is 1. The molecule has 0 bridgehead atoms. The van der Waals surface area contributed by atoms with Crippen molar-refractivity contribution >= 4 is 27.8 Å². The fourth-order valence-electron chi connectivity index (χ4n) is 3.15. The van der Waals surface area contributed by atoms with Gasteiger partial charge in [-0.15, -0.1) is 0 Å². The normalized spacial score (nSPS) is 12.9. The first-order valence-electron chi connectivity index (χ1n) is 8.93. The molecule has 2 heterocycles. The predicted octanol–water partition coefficient (Wildman–Crippen LogP) is 2.14. The van der Waals surface area contributed by atoms with Crippen LogP contribution in [-0.4, -0.2) is 52.7 Å². The number of aliphatic hydroxyl groups excluding tert-OH is 1. The van der Waals surface area contributed by atoms with E-state index in [1.54, 1.807) is 7.11 Å². The maximum atomic E-state index is 10.5. The zero-order valence-corrected chi connectivity index (χ0v) is 15.3. The molecule has 0 aliphatic heterocycles. The van der Waals surface area contributed by atoms with Crippen LogP contribution < -0.4 is 5.73 Å². The molecule has 7 nitrogen and oxygen atoms in total. The SMILES string of the molecule is CCOCCC(O)Cn1c(CCOC)nc2c(N)nc3ccccc3c21. The van der Waals surface area contributed by atoms with Gasteiger partial charge in [0.15, 0.2) is 5.82 Å². The van der Waals surface area contributed by atoms with Gasteiger partial charge in [0, 0.05) is 32.1 Å². The molecule has 3 N–H and O–H groups in total. The molecule has 3 rings (SSSR count). The van der Waals surface area contributed by atoms with Crippen LogP contribution in [0.4, 0.5) is 5.82 Å². The lowest BCUT2D eigenvalue weighted by Gasteiger charge is -2.15. The first-order chi connectivity index (χ1) is 12.7. The van der Waals surface area contributed by atoms with Crippen molar-refractivity contribution in [2.24, 2.45) is 0 Å². The highest BCUT2D eigenvalue weighted by Crippen LogP contribution is 2.29. The van der Waals surface area contributed by atoms with Crippen LogP contribution in [0.25, 0.3) is 21.9 Å². The van der Waals surface area contributed by atoms with Gasteiger partial charge in [-0.3, -0.25) is 0 Å². The number of aliphatic hydroxyl groups is 1. The average molecular weight is 358 g/mol. The highest BCUT2D eigenvalue weighted by Gasteiger charge is 2.19.